The maximum Gasteiger partial charge on any atom is 0.417 e. The van der Waals surface area contributed by atoms with Crippen LogP contribution >= 0.6 is 0 Å². The van der Waals surface area contributed by atoms with Crippen molar-refractivity contribution in [1.29, 1.82) is 0 Å². The van der Waals surface area contributed by atoms with Crippen LogP contribution < -0.4 is 5.32 Å². The summed E-state index contributed by atoms with van der Waals surface area (Å²) in [7, 11) is 0. The second kappa shape index (κ2) is 5.16. The minimum absolute atomic E-state index is 0.322. The molecule has 2 rings (SSSR count). The molecular weight excluding hydrogens is 241 g/mol. The lowest BCUT2D eigenvalue weighted by atomic mass is 9.86. The first-order chi connectivity index (χ1) is 8.47. The zero-order valence-electron chi connectivity index (χ0n) is 10.3. The summed E-state index contributed by atoms with van der Waals surface area (Å²) in [4.78, 5) is 3.84. The van der Waals surface area contributed by atoms with Gasteiger partial charge in [-0.1, -0.05) is 19.8 Å². The largest absolute Gasteiger partial charge is 0.417 e. The fraction of sp³-hybridized carbons (Fsp3) is 0.615. The molecule has 2 atom stereocenters. The van der Waals surface area contributed by atoms with E-state index in [1.54, 1.807) is 0 Å². The summed E-state index contributed by atoms with van der Waals surface area (Å²) < 4.78 is 37.1. The van der Waals surface area contributed by atoms with Gasteiger partial charge in [-0.25, -0.2) is 4.98 Å². The molecule has 1 saturated carbocycles. The molecule has 0 aromatic carbocycles. The van der Waals surface area contributed by atoms with E-state index >= 15 is 0 Å². The Labute approximate surface area is 105 Å². The molecule has 0 bridgehead atoms. The molecule has 0 radical (unpaired) electrons. The predicted octanol–water partition coefficient (Wildman–Crippen LogP) is 4.09. The second-order valence-corrected chi connectivity index (χ2v) is 4.94. The van der Waals surface area contributed by atoms with Gasteiger partial charge in [-0.05, 0) is 30.9 Å². The number of hydrogen-bond donors (Lipinski definition) is 1. The number of aromatic nitrogens is 1. The molecule has 5 heteroatoms. The summed E-state index contributed by atoms with van der Waals surface area (Å²) in [6.45, 7) is 2.17. The summed E-state index contributed by atoms with van der Waals surface area (Å²) in [6.07, 6.45) is 1.20. The number of alkyl halides is 3. The van der Waals surface area contributed by atoms with Gasteiger partial charge in [0.05, 0.1) is 5.56 Å². The fourth-order valence-corrected chi connectivity index (χ4v) is 2.37. The van der Waals surface area contributed by atoms with Gasteiger partial charge in [0.25, 0.3) is 0 Å². The molecular formula is C13H17F3N2. The van der Waals surface area contributed by atoms with E-state index in [4.69, 9.17) is 0 Å². The number of nitrogens with zero attached hydrogens (tertiary/aromatic N) is 1. The number of nitrogens with one attached hydrogen (secondary N) is 1. The van der Waals surface area contributed by atoms with Crippen molar-refractivity contribution in [3.63, 3.8) is 0 Å². The fourth-order valence-electron chi connectivity index (χ4n) is 2.37. The van der Waals surface area contributed by atoms with Crippen LogP contribution in [0, 0.1) is 5.92 Å². The first-order valence-electron chi connectivity index (χ1n) is 6.26. The van der Waals surface area contributed by atoms with Crippen molar-refractivity contribution in [2.75, 3.05) is 5.32 Å². The van der Waals surface area contributed by atoms with Crippen LogP contribution in [0.5, 0.6) is 0 Å². The van der Waals surface area contributed by atoms with Crippen molar-refractivity contribution >= 4 is 5.82 Å². The highest BCUT2D eigenvalue weighted by Crippen LogP contribution is 2.30. The Morgan fingerprint density at radius 1 is 1.22 bits per heavy atom. The highest BCUT2D eigenvalue weighted by atomic mass is 19.4. The summed E-state index contributed by atoms with van der Waals surface area (Å²) in [6, 6.07) is 2.80. The number of halogens is 3. The van der Waals surface area contributed by atoms with Crippen LogP contribution in [0.15, 0.2) is 18.3 Å². The van der Waals surface area contributed by atoms with Crippen LogP contribution in [-0.4, -0.2) is 11.0 Å². The summed E-state index contributed by atoms with van der Waals surface area (Å²) in [5.74, 6) is 1.07. The Kier molecular flexibility index (Phi) is 3.78. The molecule has 2 nitrogen and oxygen atoms in total. The van der Waals surface area contributed by atoms with Crippen LogP contribution in [0.2, 0.25) is 0 Å². The van der Waals surface area contributed by atoms with Gasteiger partial charge in [0.2, 0.25) is 0 Å². The topological polar surface area (TPSA) is 24.9 Å². The third-order valence-corrected chi connectivity index (χ3v) is 3.54. The van der Waals surface area contributed by atoms with E-state index < -0.39 is 11.7 Å². The van der Waals surface area contributed by atoms with E-state index in [2.05, 4.69) is 17.2 Å². The quantitative estimate of drug-likeness (QED) is 0.864. The van der Waals surface area contributed by atoms with Gasteiger partial charge in [-0.2, -0.15) is 13.2 Å². The molecule has 1 aromatic rings. The standard InChI is InChI=1S/C13H17F3N2/c1-9-4-2-3-5-11(9)18-12-7-6-10(8-17-12)13(14,15)16/h6-9,11H,2-5H2,1H3,(H,17,18). The van der Waals surface area contributed by atoms with Gasteiger partial charge < -0.3 is 5.32 Å². The molecule has 18 heavy (non-hydrogen) atoms. The molecule has 1 aliphatic carbocycles. The Morgan fingerprint density at radius 2 is 1.94 bits per heavy atom. The molecule has 1 aliphatic rings. The zero-order valence-corrected chi connectivity index (χ0v) is 10.3. The van der Waals surface area contributed by atoms with E-state index in [0.29, 0.717) is 17.8 Å². The Morgan fingerprint density at radius 3 is 2.50 bits per heavy atom. The van der Waals surface area contributed by atoms with Crippen molar-refractivity contribution in [3.05, 3.63) is 23.9 Å². The number of rotatable bonds is 2. The Hall–Kier alpha value is -1.26. The molecule has 0 aliphatic heterocycles. The van der Waals surface area contributed by atoms with Crippen LogP contribution in [0.25, 0.3) is 0 Å². The molecule has 100 valence electrons. The number of hydrogen-bond acceptors (Lipinski definition) is 2. The zero-order chi connectivity index (χ0) is 13.2. The van der Waals surface area contributed by atoms with Gasteiger partial charge in [-0.15, -0.1) is 0 Å². The van der Waals surface area contributed by atoms with Gasteiger partial charge >= 0.3 is 6.18 Å². The molecule has 1 N–H and O–H groups in total. The first kappa shape index (κ1) is 13.2. The van der Waals surface area contributed by atoms with Gasteiger partial charge in [0, 0.05) is 12.2 Å². The normalized spacial score (nSPS) is 24.9. The van der Waals surface area contributed by atoms with Crippen molar-refractivity contribution < 1.29 is 13.2 Å². The number of pyridine rings is 1. The lowest BCUT2D eigenvalue weighted by Crippen LogP contribution is -2.30. The lowest BCUT2D eigenvalue weighted by molar-refractivity contribution is -0.137. The van der Waals surface area contributed by atoms with Gasteiger partial charge in [-0.3, -0.25) is 0 Å². The van der Waals surface area contributed by atoms with Crippen molar-refractivity contribution in [2.24, 2.45) is 5.92 Å². The molecule has 0 saturated heterocycles. The highest BCUT2D eigenvalue weighted by Gasteiger charge is 2.30. The third kappa shape index (κ3) is 3.15. The second-order valence-electron chi connectivity index (χ2n) is 4.94. The van der Waals surface area contributed by atoms with E-state index in [1.807, 2.05) is 0 Å². The van der Waals surface area contributed by atoms with Gasteiger partial charge in [0.1, 0.15) is 5.82 Å². The predicted molar refractivity (Wildman–Crippen MR) is 64.3 cm³/mol. The maximum absolute atomic E-state index is 12.4. The van der Waals surface area contributed by atoms with Crippen LogP contribution in [0.1, 0.15) is 38.2 Å². The van der Waals surface area contributed by atoms with Crippen LogP contribution in [-0.2, 0) is 6.18 Å². The summed E-state index contributed by atoms with van der Waals surface area (Å²) in [5.41, 5.74) is -0.704. The van der Waals surface area contributed by atoms with Crippen LogP contribution in [0.4, 0.5) is 19.0 Å². The minimum atomic E-state index is -4.32. The third-order valence-electron chi connectivity index (χ3n) is 3.54. The Balaban J connectivity index is 2.02. The minimum Gasteiger partial charge on any atom is -0.367 e. The highest BCUT2D eigenvalue weighted by molar-refractivity contribution is 5.37. The van der Waals surface area contributed by atoms with Crippen LogP contribution in [0.3, 0.4) is 0 Å². The molecule has 1 aromatic heterocycles. The molecule has 0 spiro atoms. The van der Waals surface area contributed by atoms with Crippen molar-refractivity contribution in [2.45, 2.75) is 44.8 Å². The summed E-state index contributed by atoms with van der Waals surface area (Å²) >= 11 is 0. The van der Waals surface area contributed by atoms with E-state index in [0.717, 1.165) is 25.1 Å². The van der Waals surface area contributed by atoms with Gasteiger partial charge in [0.15, 0.2) is 0 Å². The average Bonchev–Trinajstić information content (AvgIpc) is 2.32. The molecule has 1 heterocycles. The monoisotopic (exact) mass is 258 g/mol. The van der Waals surface area contributed by atoms with E-state index in [-0.39, 0.29) is 0 Å². The molecule has 0 amide bonds. The van der Waals surface area contributed by atoms with Crippen molar-refractivity contribution in [3.8, 4) is 0 Å². The van der Waals surface area contributed by atoms with Crippen molar-refractivity contribution in [1.82, 2.24) is 4.98 Å². The smallest absolute Gasteiger partial charge is 0.367 e. The average molecular weight is 258 g/mol. The van der Waals surface area contributed by atoms with E-state index in [9.17, 15) is 13.2 Å². The lowest BCUT2D eigenvalue weighted by Gasteiger charge is -2.29. The van der Waals surface area contributed by atoms with E-state index in [1.165, 1.54) is 18.9 Å². The maximum atomic E-state index is 12.4. The molecule has 1 fully saturated rings. The molecule has 2 unspecified atom stereocenters. The summed E-state index contributed by atoms with van der Waals surface area (Å²) in [5, 5.41) is 3.23. The Bertz CT molecular complexity index is 386. The number of anilines is 1. The first-order valence-corrected chi connectivity index (χ1v) is 6.26. The SMILES string of the molecule is CC1CCCCC1Nc1ccc(C(F)(F)F)cn1.